The van der Waals surface area contributed by atoms with E-state index in [4.69, 9.17) is 20.8 Å². The smallest absolute Gasteiger partial charge is 0.225 e. The van der Waals surface area contributed by atoms with Gasteiger partial charge >= 0.3 is 0 Å². The van der Waals surface area contributed by atoms with Gasteiger partial charge in [-0.3, -0.25) is 4.79 Å². The van der Waals surface area contributed by atoms with E-state index in [1.165, 1.54) is 5.56 Å². The number of aryl methyl sites for hydroxylation is 2. The summed E-state index contributed by atoms with van der Waals surface area (Å²) in [5, 5.41) is 4.93. The van der Waals surface area contributed by atoms with Crippen molar-refractivity contribution in [1.82, 2.24) is 5.32 Å². The molecule has 6 rings (SSSR count). The molecule has 1 aromatic heterocycles. The number of rotatable bonds is 9. The minimum absolute atomic E-state index is 0.0343. The van der Waals surface area contributed by atoms with Crippen molar-refractivity contribution in [2.45, 2.75) is 51.4 Å². The lowest BCUT2D eigenvalue weighted by atomic mass is 9.93. The van der Waals surface area contributed by atoms with Gasteiger partial charge in [-0.15, -0.1) is 0 Å². The molecule has 1 N–H and O–H groups in total. The standard InChI is InChI=1S/C35H32ClNO3/c1-22-8-16-30(23(2)18-22)34(25-6-4-3-5-7-25)37-33(38)20-24-9-17-31-27(19-24)21-32(40-31)35(39-29-14-15-29)26-10-12-28(36)13-11-26/h3-13,16-19,21,29,34-35H,14-15,20H2,1-2H3,(H,37,38)/t34-,35?/m0/s1. The normalized spacial score (nSPS) is 14.7. The number of benzene rings is 4. The molecule has 0 aliphatic heterocycles. The zero-order valence-corrected chi connectivity index (χ0v) is 23.4. The fraction of sp³-hybridized carbons (Fsp3) is 0.229. The molecular weight excluding hydrogens is 518 g/mol. The number of carbonyl (C=O) groups is 1. The monoisotopic (exact) mass is 549 g/mol. The second-order valence-electron chi connectivity index (χ2n) is 10.7. The summed E-state index contributed by atoms with van der Waals surface area (Å²) in [6.45, 7) is 4.18. The highest BCUT2D eigenvalue weighted by Crippen LogP contribution is 2.37. The first-order valence-corrected chi connectivity index (χ1v) is 14.2. The van der Waals surface area contributed by atoms with Crippen LogP contribution in [-0.2, 0) is 16.0 Å². The molecule has 5 aromatic rings. The van der Waals surface area contributed by atoms with E-state index in [-0.39, 0.29) is 30.6 Å². The summed E-state index contributed by atoms with van der Waals surface area (Å²) < 4.78 is 12.6. The van der Waals surface area contributed by atoms with Crippen LogP contribution >= 0.6 is 11.6 Å². The molecule has 4 nitrogen and oxygen atoms in total. The number of halogens is 1. The van der Waals surface area contributed by atoms with E-state index in [0.717, 1.165) is 57.4 Å². The van der Waals surface area contributed by atoms with Crippen LogP contribution < -0.4 is 5.32 Å². The molecule has 2 atom stereocenters. The maximum absolute atomic E-state index is 13.4. The third-order valence-electron chi connectivity index (χ3n) is 7.42. The highest BCUT2D eigenvalue weighted by atomic mass is 35.5. The number of nitrogens with one attached hydrogen (secondary N) is 1. The molecule has 0 bridgehead atoms. The van der Waals surface area contributed by atoms with Crippen LogP contribution in [0.5, 0.6) is 0 Å². The summed E-state index contributed by atoms with van der Waals surface area (Å²) in [4.78, 5) is 13.4. The third kappa shape index (κ3) is 5.99. The number of furan rings is 1. The highest BCUT2D eigenvalue weighted by molar-refractivity contribution is 6.30. The number of amides is 1. The molecule has 1 aliphatic rings. The van der Waals surface area contributed by atoms with E-state index in [1.54, 1.807) is 0 Å². The fourth-order valence-corrected chi connectivity index (χ4v) is 5.36. The van der Waals surface area contributed by atoms with E-state index in [9.17, 15) is 4.79 Å². The Hall–Kier alpha value is -3.86. The molecule has 4 aromatic carbocycles. The van der Waals surface area contributed by atoms with Gasteiger partial charge in [0.1, 0.15) is 17.4 Å². The lowest BCUT2D eigenvalue weighted by Gasteiger charge is -2.22. The first-order chi connectivity index (χ1) is 19.4. The van der Waals surface area contributed by atoms with Crippen molar-refractivity contribution in [3.63, 3.8) is 0 Å². The van der Waals surface area contributed by atoms with Crippen LogP contribution in [0.3, 0.4) is 0 Å². The summed E-state index contributed by atoms with van der Waals surface area (Å²) in [6.07, 6.45) is 2.35. The Morgan fingerprint density at radius 3 is 2.42 bits per heavy atom. The van der Waals surface area contributed by atoms with Gasteiger partial charge in [-0.1, -0.05) is 83.9 Å². The topological polar surface area (TPSA) is 51.5 Å². The third-order valence-corrected chi connectivity index (χ3v) is 7.68. The van der Waals surface area contributed by atoms with Crippen LogP contribution in [0, 0.1) is 13.8 Å². The Kier molecular flexibility index (Phi) is 7.46. The van der Waals surface area contributed by atoms with Gasteiger partial charge in [0.15, 0.2) is 0 Å². The van der Waals surface area contributed by atoms with E-state index >= 15 is 0 Å². The van der Waals surface area contributed by atoms with Crippen molar-refractivity contribution < 1.29 is 13.9 Å². The highest BCUT2D eigenvalue weighted by Gasteiger charge is 2.30. The van der Waals surface area contributed by atoms with E-state index in [0.29, 0.717) is 5.02 Å². The Balaban J connectivity index is 1.23. The van der Waals surface area contributed by atoms with Crippen molar-refractivity contribution in [3.05, 3.63) is 141 Å². The van der Waals surface area contributed by atoms with E-state index < -0.39 is 0 Å². The molecule has 0 saturated heterocycles. The van der Waals surface area contributed by atoms with Gasteiger partial charge in [-0.05, 0) is 84.8 Å². The maximum atomic E-state index is 13.4. The summed E-state index contributed by atoms with van der Waals surface area (Å²) in [5.74, 6) is 0.720. The van der Waals surface area contributed by atoms with Crippen molar-refractivity contribution in [2.24, 2.45) is 0 Å². The Labute approximate surface area is 239 Å². The Bertz CT molecular complexity index is 1640. The van der Waals surface area contributed by atoms with Crippen LogP contribution in [-0.4, -0.2) is 12.0 Å². The molecule has 0 radical (unpaired) electrons. The van der Waals surface area contributed by atoms with Crippen LogP contribution in [0.15, 0.2) is 101 Å². The predicted molar refractivity (Wildman–Crippen MR) is 160 cm³/mol. The fourth-order valence-electron chi connectivity index (χ4n) is 5.23. The maximum Gasteiger partial charge on any atom is 0.225 e. The average Bonchev–Trinajstić information content (AvgIpc) is 3.68. The van der Waals surface area contributed by atoms with Gasteiger partial charge in [-0.2, -0.15) is 0 Å². The van der Waals surface area contributed by atoms with Crippen LogP contribution in [0.25, 0.3) is 11.0 Å². The number of ether oxygens (including phenoxy) is 1. The number of fused-ring (bicyclic) bond motifs is 1. The zero-order chi connectivity index (χ0) is 27.6. The van der Waals surface area contributed by atoms with Gasteiger partial charge < -0.3 is 14.5 Å². The Morgan fingerprint density at radius 2 is 1.70 bits per heavy atom. The van der Waals surface area contributed by atoms with Gasteiger partial charge in [0.05, 0.1) is 18.6 Å². The lowest BCUT2D eigenvalue weighted by Crippen LogP contribution is -2.31. The summed E-state index contributed by atoms with van der Waals surface area (Å²) >= 11 is 6.12. The molecule has 202 valence electrons. The van der Waals surface area contributed by atoms with E-state index in [2.05, 4.69) is 49.5 Å². The first kappa shape index (κ1) is 26.4. The molecule has 1 heterocycles. The van der Waals surface area contributed by atoms with Gasteiger partial charge in [-0.25, -0.2) is 0 Å². The molecule has 1 unspecified atom stereocenters. The van der Waals surface area contributed by atoms with Crippen molar-refractivity contribution in [2.75, 3.05) is 0 Å². The Morgan fingerprint density at radius 1 is 0.925 bits per heavy atom. The van der Waals surface area contributed by atoms with Crippen LogP contribution in [0.1, 0.15) is 64.1 Å². The SMILES string of the molecule is Cc1ccc([C@@H](NC(=O)Cc2ccc3oc(C(OC4CC4)c4ccc(Cl)cc4)cc3c2)c2ccccc2)c(C)c1. The predicted octanol–water partition coefficient (Wildman–Crippen LogP) is 8.42. The quantitative estimate of drug-likeness (QED) is 0.201. The lowest BCUT2D eigenvalue weighted by molar-refractivity contribution is -0.120. The number of hydrogen-bond donors (Lipinski definition) is 1. The largest absolute Gasteiger partial charge is 0.458 e. The van der Waals surface area contributed by atoms with Crippen LogP contribution in [0.4, 0.5) is 0 Å². The van der Waals surface area contributed by atoms with Crippen LogP contribution in [0.2, 0.25) is 5.02 Å². The molecule has 5 heteroatoms. The molecule has 0 spiro atoms. The van der Waals surface area contributed by atoms with E-state index in [1.807, 2.05) is 66.7 Å². The molecule has 1 saturated carbocycles. The van der Waals surface area contributed by atoms with Gasteiger partial charge in [0.2, 0.25) is 5.91 Å². The summed E-state index contributed by atoms with van der Waals surface area (Å²) in [6, 6.07) is 32.0. The second kappa shape index (κ2) is 11.3. The van der Waals surface area contributed by atoms with Crippen molar-refractivity contribution in [3.8, 4) is 0 Å². The van der Waals surface area contributed by atoms with Gasteiger partial charge in [0.25, 0.3) is 0 Å². The second-order valence-corrected chi connectivity index (χ2v) is 11.2. The number of carbonyl (C=O) groups excluding carboxylic acids is 1. The molecule has 1 aliphatic carbocycles. The minimum Gasteiger partial charge on any atom is -0.458 e. The van der Waals surface area contributed by atoms with Crippen molar-refractivity contribution >= 4 is 28.5 Å². The zero-order valence-electron chi connectivity index (χ0n) is 22.7. The summed E-state index contributed by atoms with van der Waals surface area (Å²) in [5.41, 5.74) is 7.22. The van der Waals surface area contributed by atoms with Gasteiger partial charge in [0, 0.05) is 10.4 Å². The molecule has 40 heavy (non-hydrogen) atoms. The first-order valence-electron chi connectivity index (χ1n) is 13.8. The summed E-state index contributed by atoms with van der Waals surface area (Å²) in [7, 11) is 0. The van der Waals surface area contributed by atoms with Crippen molar-refractivity contribution in [1.29, 1.82) is 0 Å². The molecular formula is C35H32ClNO3. The number of hydrogen-bond acceptors (Lipinski definition) is 3. The average molecular weight is 550 g/mol. The minimum atomic E-state index is -0.298. The molecule has 1 fully saturated rings. The molecule has 1 amide bonds.